The molecular formula is C24H15ClN6O. The first-order valence-corrected chi connectivity index (χ1v) is 9.88. The minimum absolute atomic E-state index is 0.0112. The van der Waals surface area contributed by atoms with Crippen LogP contribution in [0, 0.1) is 29.6 Å². The maximum absolute atomic E-state index is 13.0. The zero-order valence-corrected chi connectivity index (χ0v) is 17.6. The largest absolute Gasteiger partial charge is 0.382 e. The number of anilines is 1. The van der Waals surface area contributed by atoms with E-state index in [1.54, 1.807) is 36.4 Å². The third kappa shape index (κ3) is 3.47. The van der Waals surface area contributed by atoms with E-state index < -0.39 is 5.56 Å². The molecule has 0 fully saturated rings. The molecule has 0 radical (unpaired) electrons. The van der Waals surface area contributed by atoms with E-state index in [0.29, 0.717) is 11.1 Å². The van der Waals surface area contributed by atoms with E-state index in [1.807, 2.05) is 37.3 Å². The van der Waals surface area contributed by atoms with Gasteiger partial charge in [0.1, 0.15) is 34.2 Å². The first-order chi connectivity index (χ1) is 15.5. The van der Waals surface area contributed by atoms with Crippen LogP contribution in [-0.4, -0.2) is 15.9 Å². The highest BCUT2D eigenvalue weighted by atomic mass is 35.5. The number of hydrogen-bond acceptors (Lipinski definition) is 6. The van der Waals surface area contributed by atoms with E-state index >= 15 is 0 Å². The van der Waals surface area contributed by atoms with Crippen molar-refractivity contribution in [2.75, 3.05) is 5.73 Å². The van der Waals surface area contributed by atoms with Crippen molar-refractivity contribution in [1.82, 2.24) is 9.66 Å². The first-order valence-electron chi connectivity index (χ1n) is 9.50. The Morgan fingerprint density at radius 1 is 1.09 bits per heavy atom. The smallest absolute Gasteiger partial charge is 0.291 e. The molecule has 0 amide bonds. The molecule has 0 unspecified atom stereocenters. The molecule has 0 saturated carbocycles. The summed E-state index contributed by atoms with van der Waals surface area (Å²) in [5.74, 6) is -0.174. The number of rotatable bonds is 3. The van der Waals surface area contributed by atoms with E-state index in [0.717, 1.165) is 21.1 Å². The molecule has 8 heteroatoms. The van der Waals surface area contributed by atoms with Crippen molar-refractivity contribution in [2.45, 2.75) is 6.92 Å². The molecule has 0 aliphatic rings. The highest BCUT2D eigenvalue weighted by molar-refractivity contribution is 6.32. The Balaban J connectivity index is 1.91. The zero-order valence-electron chi connectivity index (χ0n) is 16.9. The number of aryl methyl sites for hydroxylation is 1. The maximum Gasteiger partial charge on any atom is 0.291 e. The summed E-state index contributed by atoms with van der Waals surface area (Å²) in [6, 6.07) is 20.1. The first kappa shape index (κ1) is 20.8. The average Bonchev–Trinajstić information content (AvgIpc) is 2.80. The lowest BCUT2D eigenvalue weighted by Gasteiger charge is -2.12. The van der Waals surface area contributed by atoms with Crippen molar-refractivity contribution in [1.29, 1.82) is 10.5 Å². The Morgan fingerprint density at radius 2 is 1.81 bits per heavy atom. The molecule has 2 heterocycles. The topological polar surface area (TPSA) is 121 Å². The number of nitrogens with zero attached hydrogens (tertiary/aromatic N) is 5. The van der Waals surface area contributed by atoms with Gasteiger partial charge in [0.2, 0.25) is 0 Å². The standard InChI is InChI=1S/C24H15ClN6O/c1-14-6-5-9-16-10-17(22(25)30-21(14)16)13-29-31-23(28)18(11-26)20(19(12-27)24(31)32)15-7-3-2-4-8-15/h2-10,13H,28H2,1H3/b29-13+. The van der Waals surface area contributed by atoms with Gasteiger partial charge in [-0.25, -0.2) is 4.98 Å². The number of nitrogen functional groups attached to an aromatic ring is 1. The molecular weight excluding hydrogens is 424 g/mol. The second-order valence-corrected chi connectivity index (χ2v) is 7.33. The van der Waals surface area contributed by atoms with E-state index in [4.69, 9.17) is 17.3 Å². The number of fused-ring (bicyclic) bond motifs is 1. The van der Waals surface area contributed by atoms with Crippen LogP contribution in [0.4, 0.5) is 5.82 Å². The lowest BCUT2D eigenvalue weighted by Crippen LogP contribution is -2.25. The summed E-state index contributed by atoms with van der Waals surface area (Å²) < 4.78 is 0.834. The third-order valence-corrected chi connectivity index (χ3v) is 5.32. The molecule has 2 aromatic heterocycles. The molecule has 0 spiro atoms. The summed E-state index contributed by atoms with van der Waals surface area (Å²) in [4.78, 5) is 17.4. The SMILES string of the molecule is Cc1cccc2cc(/C=N/n3c(N)c(C#N)c(-c4ccccc4)c(C#N)c3=O)c(Cl)nc12. The summed E-state index contributed by atoms with van der Waals surface area (Å²) in [6.07, 6.45) is 1.33. The summed E-state index contributed by atoms with van der Waals surface area (Å²) in [5, 5.41) is 24.6. The lowest BCUT2D eigenvalue weighted by atomic mass is 9.97. The Hall–Kier alpha value is -4.46. The maximum atomic E-state index is 13.0. The van der Waals surface area contributed by atoms with E-state index in [-0.39, 0.29) is 27.7 Å². The highest BCUT2D eigenvalue weighted by Crippen LogP contribution is 2.29. The zero-order chi connectivity index (χ0) is 22.8. The molecule has 0 saturated heterocycles. The van der Waals surface area contributed by atoms with Gasteiger partial charge in [-0.3, -0.25) is 4.79 Å². The molecule has 4 rings (SSSR count). The highest BCUT2D eigenvalue weighted by Gasteiger charge is 2.21. The van der Waals surface area contributed by atoms with Gasteiger partial charge in [-0.15, -0.1) is 0 Å². The number of aromatic nitrogens is 2. The van der Waals surface area contributed by atoms with Gasteiger partial charge < -0.3 is 5.73 Å². The number of nitriles is 2. The second kappa shape index (κ2) is 8.35. The molecule has 4 aromatic rings. The van der Waals surface area contributed by atoms with Crippen molar-refractivity contribution >= 4 is 34.5 Å². The van der Waals surface area contributed by atoms with Crippen LogP contribution in [0.2, 0.25) is 5.15 Å². The minimum Gasteiger partial charge on any atom is -0.382 e. The number of pyridine rings is 2. The van der Waals surface area contributed by atoms with Gasteiger partial charge in [0, 0.05) is 16.5 Å². The normalized spacial score (nSPS) is 10.9. The van der Waals surface area contributed by atoms with Crippen LogP contribution in [0.3, 0.4) is 0 Å². The molecule has 154 valence electrons. The molecule has 0 bridgehead atoms. The molecule has 0 aliphatic heterocycles. The van der Waals surface area contributed by atoms with Gasteiger partial charge in [-0.1, -0.05) is 60.1 Å². The second-order valence-electron chi connectivity index (χ2n) is 6.98. The average molecular weight is 439 g/mol. The summed E-state index contributed by atoms with van der Waals surface area (Å²) >= 11 is 6.32. The van der Waals surface area contributed by atoms with Gasteiger partial charge in [-0.05, 0) is 24.1 Å². The monoisotopic (exact) mass is 438 g/mol. The van der Waals surface area contributed by atoms with E-state index in [9.17, 15) is 15.3 Å². The Labute approximate surface area is 188 Å². The van der Waals surface area contributed by atoms with Crippen LogP contribution < -0.4 is 11.3 Å². The quantitative estimate of drug-likeness (QED) is 0.379. The number of halogens is 1. The minimum atomic E-state index is -0.736. The lowest BCUT2D eigenvalue weighted by molar-refractivity contribution is 0.841. The Morgan fingerprint density at radius 3 is 2.50 bits per heavy atom. The van der Waals surface area contributed by atoms with E-state index in [1.165, 1.54) is 6.21 Å². The van der Waals surface area contributed by atoms with Crippen LogP contribution >= 0.6 is 11.6 Å². The molecule has 7 nitrogen and oxygen atoms in total. The molecule has 32 heavy (non-hydrogen) atoms. The predicted octanol–water partition coefficient (Wildman–Crippen LogP) is 4.23. The molecule has 0 aliphatic carbocycles. The van der Waals surface area contributed by atoms with Crippen molar-refractivity contribution in [3.63, 3.8) is 0 Å². The van der Waals surface area contributed by atoms with Gasteiger partial charge in [0.15, 0.2) is 0 Å². The Bertz CT molecular complexity index is 1540. The predicted molar refractivity (Wildman–Crippen MR) is 124 cm³/mol. The molecule has 2 N–H and O–H groups in total. The number of nitrogens with two attached hydrogens (primary N) is 1. The fourth-order valence-electron chi connectivity index (χ4n) is 3.46. The Kier molecular flexibility index (Phi) is 5.43. The van der Waals surface area contributed by atoms with Gasteiger partial charge >= 0.3 is 0 Å². The van der Waals surface area contributed by atoms with Crippen LogP contribution in [-0.2, 0) is 0 Å². The van der Waals surface area contributed by atoms with Crippen molar-refractivity contribution in [3.8, 4) is 23.3 Å². The fourth-order valence-corrected chi connectivity index (χ4v) is 3.65. The van der Waals surface area contributed by atoms with E-state index in [2.05, 4.69) is 10.1 Å². The van der Waals surface area contributed by atoms with Crippen LogP contribution in [0.1, 0.15) is 22.3 Å². The fraction of sp³-hybridized carbons (Fsp3) is 0.0417. The van der Waals surface area contributed by atoms with Crippen molar-refractivity contribution in [3.05, 3.63) is 92.4 Å². The van der Waals surface area contributed by atoms with Crippen molar-refractivity contribution < 1.29 is 0 Å². The number of hydrogen-bond donors (Lipinski definition) is 1. The van der Waals surface area contributed by atoms with Gasteiger partial charge in [0.05, 0.1) is 11.7 Å². The van der Waals surface area contributed by atoms with Gasteiger partial charge in [-0.2, -0.15) is 20.3 Å². The number of para-hydroxylation sites is 1. The molecule has 0 atom stereocenters. The summed E-state index contributed by atoms with van der Waals surface area (Å²) in [7, 11) is 0. The van der Waals surface area contributed by atoms with Crippen LogP contribution in [0.5, 0.6) is 0 Å². The third-order valence-electron chi connectivity index (χ3n) is 5.02. The molecule has 2 aromatic carbocycles. The summed E-state index contributed by atoms with van der Waals surface area (Å²) in [5.41, 5.74) is 8.08. The number of benzene rings is 2. The van der Waals surface area contributed by atoms with Crippen molar-refractivity contribution in [2.24, 2.45) is 5.10 Å². The van der Waals surface area contributed by atoms with Crippen LogP contribution in [0.15, 0.2) is 64.5 Å². The summed E-state index contributed by atoms with van der Waals surface area (Å²) in [6.45, 7) is 1.93. The van der Waals surface area contributed by atoms with Gasteiger partial charge in [0.25, 0.3) is 5.56 Å². The van der Waals surface area contributed by atoms with Crippen LogP contribution in [0.25, 0.3) is 22.0 Å².